The van der Waals surface area contributed by atoms with E-state index in [9.17, 15) is 14.0 Å². The van der Waals surface area contributed by atoms with Gasteiger partial charge in [-0.25, -0.2) is 9.78 Å². The molecule has 6 nitrogen and oxygen atoms in total. The average molecular weight is 288 g/mol. The summed E-state index contributed by atoms with van der Waals surface area (Å²) in [6.07, 6.45) is 1.27. The van der Waals surface area contributed by atoms with Crippen LogP contribution in [0.2, 0.25) is 0 Å². The fraction of sp³-hybridized carbons (Fsp3) is 0.0714. The second-order valence-corrected chi connectivity index (χ2v) is 4.08. The molecular formula is C14H13FN4O2. The number of amides is 3. The normalized spacial score (nSPS) is 9.81. The van der Waals surface area contributed by atoms with Crippen molar-refractivity contribution < 1.29 is 14.0 Å². The number of urea groups is 1. The van der Waals surface area contributed by atoms with Crippen LogP contribution in [-0.4, -0.2) is 24.0 Å². The van der Waals surface area contributed by atoms with Crippen LogP contribution >= 0.6 is 0 Å². The number of hydrogen-bond acceptors (Lipinski definition) is 3. The van der Waals surface area contributed by atoms with Crippen molar-refractivity contribution in [1.29, 1.82) is 0 Å². The molecule has 1 aromatic heterocycles. The molecular weight excluding hydrogens is 275 g/mol. The quantitative estimate of drug-likeness (QED) is 0.757. The zero-order chi connectivity index (χ0) is 15.2. The van der Waals surface area contributed by atoms with Crippen LogP contribution in [0.5, 0.6) is 0 Å². The Balaban J connectivity index is 2.05. The lowest BCUT2D eigenvalue weighted by atomic mass is 10.2. The van der Waals surface area contributed by atoms with Crippen molar-refractivity contribution in [2.24, 2.45) is 0 Å². The van der Waals surface area contributed by atoms with Crippen LogP contribution in [0.1, 0.15) is 10.4 Å². The minimum Gasteiger partial charge on any atom is -0.341 e. The van der Waals surface area contributed by atoms with Gasteiger partial charge in [-0.05, 0) is 36.4 Å². The SMILES string of the molecule is CNC(=O)Nc1ccc(NC(=O)c2cccnc2F)cc1. The molecule has 3 N–H and O–H groups in total. The van der Waals surface area contributed by atoms with E-state index >= 15 is 0 Å². The number of pyridine rings is 1. The first-order valence-electron chi connectivity index (χ1n) is 6.11. The van der Waals surface area contributed by atoms with Crippen molar-refractivity contribution in [1.82, 2.24) is 10.3 Å². The fourth-order valence-electron chi connectivity index (χ4n) is 1.58. The molecule has 108 valence electrons. The van der Waals surface area contributed by atoms with Gasteiger partial charge in [0.25, 0.3) is 5.91 Å². The van der Waals surface area contributed by atoms with E-state index in [1.165, 1.54) is 25.4 Å². The number of carbonyl (C=O) groups is 2. The van der Waals surface area contributed by atoms with Gasteiger partial charge in [-0.2, -0.15) is 4.39 Å². The summed E-state index contributed by atoms with van der Waals surface area (Å²) in [6, 6.07) is 8.90. The number of halogens is 1. The summed E-state index contributed by atoms with van der Waals surface area (Å²) in [7, 11) is 1.51. The van der Waals surface area contributed by atoms with Gasteiger partial charge in [-0.3, -0.25) is 4.79 Å². The molecule has 1 heterocycles. The minimum absolute atomic E-state index is 0.134. The molecule has 3 amide bonds. The topological polar surface area (TPSA) is 83.1 Å². The van der Waals surface area contributed by atoms with Gasteiger partial charge in [0.1, 0.15) is 0 Å². The predicted octanol–water partition coefficient (Wildman–Crippen LogP) is 2.22. The van der Waals surface area contributed by atoms with Crippen LogP contribution in [0.15, 0.2) is 42.6 Å². The van der Waals surface area contributed by atoms with Crippen molar-refractivity contribution in [2.75, 3.05) is 17.7 Å². The molecule has 0 saturated carbocycles. The van der Waals surface area contributed by atoms with Crippen molar-refractivity contribution in [3.8, 4) is 0 Å². The monoisotopic (exact) mass is 288 g/mol. The number of aromatic nitrogens is 1. The maximum Gasteiger partial charge on any atom is 0.318 e. The smallest absolute Gasteiger partial charge is 0.318 e. The Labute approximate surface area is 120 Å². The van der Waals surface area contributed by atoms with E-state index in [0.29, 0.717) is 11.4 Å². The Morgan fingerprint density at radius 2 is 1.67 bits per heavy atom. The molecule has 0 aliphatic carbocycles. The molecule has 21 heavy (non-hydrogen) atoms. The van der Waals surface area contributed by atoms with Crippen LogP contribution in [0.3, 0.4) is 0 Å². The number of nitrogens with zero attached hydrogens (tertiary/aromatic N) is 1. The Bertz CT molecular complexity index is 658. The molecule has 0 bridgehead atoms. The zero-order valence-corrected chi connectivity index (χ0v) is 11.2. The summed E-state index contributed by atoms with van der Waals surface area (Å²) in [5, 5.41) is 7.55. The molecule has 0 aliphatic heterocycles. The number of hydrogen-bond donors (Lipinski definition) is 3. The van der Waals surface area contributed by atoms with E-state index in [2.05, 4.69) is 20.9 Å². The maximum absolute atomic E-state index is 13.4. The van der Waals surface area contributed by atoms with E-state index < -0.39 is 11.9 Å². The van der Waals surface area contributed by atoms with Gasteiger partial charge in [0.05, 0.1) is 5.56 Å². The van der Waals surface area contributed by atoms with E-state index in [1.54, 1.807) is 24.3 Å². The second-order valence-electron chi connectivity index (χ2n) is 4.08. The number of nitrogens with one attached hydrogen (secondary N) is 3. The highest BCUT2D eigenvalue weighted by atomic mass is 19.1. The lowest BCUT2D eigenvalue weighted by Gasteiger charge is -2.07. The molecule has 7 heteroatoms. The Hall–Kier alpha value is -2.96. The highest BCUT2D eigenvalue weighted by Crippen LogP contribution is 2.15. The van der Waals surface area contributed by atoms with E-state index in [4.69, 9.17) is 0 Å². The molecule has 0 fully saturated rings. The molecule has 0 saturated heterocycles. The molecule has 2 aromatic rings. The molecule has 0 atom stereocenters. The van der Waals surface area contributed by atoms with Crippen molar-refractivity contribution in [3.05, 3.63) is 54.1 Å². The fourth-order valence-corrected chi connectivity index (χ4v) is 1.58. The van der Waals surface area contributed by atoms with Gasteiger partial charge in [-0.15, -0.1) is 0 Å². The van der Waals surface area contributed by atoms with Crippen LogP contribution in [0.25, 0.3) is 0 Å². The lowest BCUT2D eigenvalue weighted by Crippen LogP contribution is -2.24. The van der Waals surface area contributed by atoms with Crippen molar-refractivity contribution in [2.45, 2.75) is 0 Å². The van der Waals surface area contributed by atoms with E-state index in [1.807, 2.05) is 0 Å². The number of anilines is 2. The maximum atomic E-state index is 13.4. The van der Waals surface area contributed by atoms with Crippen LogP contribution < -0.4 is 16.0 Å². The Kier molecular flexibility index (Phi) is 4.45. The Morgan fingerprint density at radius 3 is 2.24 bits per heavy atom. The van der Waals surface area contributed by atoms with Crippen LogP contribution in [0, 0.1) is 5.95 Å². The third-order valence-corrected chi connectivity index (χ3v) is 2.63. The van der Waals surface area contributed by atoms with Gasteiger partial charge in [0.2, 0.25) is 5.95 Å². The zero-order valence-electron chi connectivity index (χ0n) is 11.2. The van der Waals surface area contributed by atoms with E-state index in [-0.39, 0.29) is 11.6 Å². The van der Waals surface area contributed by atoms with Gasteiger partial charge < -0.3 is 16.0 Å². The average Bonchev–Trinajstić information content (AvgIpc) is 2.49. The number of benzene rings is 1. The molecule has 0 spiro atoms. The first kappa shape index (κ1) is 14.4. The van der Waals surface area contributed by atoms with Gasteiger partial charge in [0, 0.05) is 24.6 Å². The van der Waals surface area contributed by atoms with Crippen LogP contribution in [-0.2, 0) is 0 Å². The number of rotatable bonds is 3. The number of carbonyl (C=O) groups excluding carboxylic acids is 2. The van der Waals surface area contributed by atoms with Crippen molar-refractivity contribution >= 4 is 23.3 Å². The summed E-state index contributed by atoms with van der Waals surface area (Å²) in [6.45, 7) is 0. The summed E-state index contributed by atoms with van der Waals surface area (Å²) < 4.78 is 13.4. The van der Waals surface area contributed by atoms with E-state index in [0.717, 1.165) is 0 Å². The molecule has 1 aromatic carbocycles. The third-order valence-electron chi connectivity index (χ3n) is 2.63. The highest BCUT2D eigenvalue weighted by molar-refractivity contribution is 6.04. The second kappa shape index (κ2) is 6.47. The van der Waals surface area contributed by atoms with Gasteiger partial charge in [-0.1, -0.05) is 0 Å². The standard InChI is InChI=1S/C14H13FN4O2/c1-16-14(21)19-10-6-4-9(5-7-10)18-13(20)11-3-2-8-17-12(11)15/h2-8H,1H3,(H,18,20)(H2,16,19,21). The first-order chi connectivity index (χ1) is 10.1. The summed E-state index contributed by atoms with van der Waals surface area (Å²) in [5.74, 6) is -1.42. The molecule has 0 unspecified atom stereocenters. The van der Waals surface area contributed by atoms with Crippen molar-refractivity contribution in [3.63, 3.8) is 0 Å². The molecule has 0 aliphatic rings. The first-order valence-corrected chi connectivity index (χ1v) is 6.11. The molecule has 0 radical (unpaired) electrons. The summed E-state index contributed by atoms with van der Waals surface area (Å²) in [4.78, 5) is 26.4. The van der Waals surface area contributed by atoms with Gasteiger partial charge in [0.15, 0.2) is 0 Å². The van der Waals surface area contributed by atoms with Gasteiger partial charge >= 0.3 is 6.03 Å². The van der Waals surface area contributed by atoms with Crippen LogP contribution in [0.4, 0.5) is 20.6 Å². The Morgan fingerprint density at radius 1 is 1.05 bits per heavy atom. The largest absolute Gasteiger partial charge is 0.341 e. The predicted molar refractivity (Wildman–Crippen MR) is 76.7 cm³/mol. The molecule has 2 rings (SSSR count). The summed E-state index contributed by atoms with van der Waals surface area (Å²) in [5.41, 5.74) is 0.913. The highest BCUT2D eigenvalue weighted by Gasteiger charge is 2.12. The minimum atomic E-state index is -0.826. The third kappa shape index (κ3) is 3.75. The summed E-state index contributed by atoms with van der Waals surface area (Å²) >= 11 is 0. The lowest BCUT2D eigenvalue weighted by molar-refractivity contribution is 0.102.